The average Bonchev–Trinajstić information content (AvgIpc) is 2.46. The molecule has 1 amide bonds. The third-order valence-corrected chi connectivity index (χ3v) is 3.48. The highest BCUT2D eigenvalue weighted by Crippen LogP contribution is 2.38. The van der Waals surface area contributed by atoms with Crippen LogP contribution in [0, 0.1) is 0 Å². The highest BCUT2D eigenvalue weighted by atomic mass is 16.5. The van der Waals surface area contributed by atoms with Crippen LogP contribution in [0.5, 0.6) is 5.75 Å². The Labute approximate surface area is 112 Å². The largest absolute Gasteiger partial charge is 0.497 e. The van der Waals surface area contributed by atoms with Gasteiger partial charge in [0.1, 0.15) is 5.75 Å². The fraction of sp³-hybridized carbons (Fsp3) is 0.188. The third-order valence-electron chi connectivity index (χ3n) is 3.48. The maximum absolute atomic E-state index is 11.9. The van der Waals surface area contributed by atoms with Gasteiger partial charge in [0.2, 0.25) is 5.91 Å². The molecule has 2 aromatic carbocycles. The molecule has 1 atom stereocenters. The second kappa shape index (κ2) is 4.76. The lowest BCUT2D eigenvalue weighted by Crippen LogP contribution is -2.46. The zero-order valence-electron chi connectivity index (χ0n) is 10.7. The van der Waals surface area contributed by atoms with E-state index in [4.69, 9.17) is 4.74 Å². The quantitative estimate of drug-likeness (QED) is 0.786. The smallest absolute Gasteiger partial charge is 0.230 e. The van der Waals surface area contributed by atoms with Crippen molar-refractivity contribution in [1.82, 2.24) is 0 Å². The van der Waals surface area contributed by atoms with Gasteiger partial charge in [-0.3, -0.25) is 4.79 Å². The molecule has 0 bridgehead atoms. The highest BCUT2D eigenvalue weighted by Gasteiger charge is 2.37. The van der Waals surface area contributed by atoms with Crippen LogP contribution >= 0.6 is 0 Å². The van der Waals surface area contributed by atoms with Crippen molar-refractivity contribution in [1.29, 1.82) is 0 Å². The molecule has 0 N–H and O–H groups in total. The number of carbonyl (C=O) groups is 1. The van der Waals surface area contributed by atoms with Crippen LogP contribution in [0.4, 0.5) is 5.69 Å². The number of hydrogen-bond acceptors (Lipinski definition) is 2. The van der Waals surface area contributed by atoms with Gasteiger partial charge in [0.15, 0.2) is 0 Å². The summed E-state index contributed by atoms with van der Waals surface area (Å²) in [6.07, 6.45) is 0.579. The van der Waals surface area contributed by atoms with Crippen molar-refractivity contribution in [3.63, 3.8) is 0 Å². The van der Waals surface area contributed by atoms with Crippen molar-refractivity contribution >= 4 is 11.6 Å². The molecule has 19 heavy (non-hydrogen) atoms. The number of hydrogen-bond donors (Lipinski definition) is 0. The van der Waals surface area contributed by atoms with Gasteiger partial charge in [-0.15, -0.1) is 0 Å². The Kier molecular flexibility index (Phi) is 2.95. The number of ether oxygens (including phenoxy) is 1. The van der Waals surface area contributed by atoms with Gasteiger partial charge >= 0.3 is 0 Å². The first-order valence-electron chi connectivity index (χ1n) is 6.30. The van der Waals surface area contributed by atoms with Crippen molar-refractivity contribution in [2.45, 2.75) is 12.5 Å². The molecule has 3 nitrogen and oxygen atoms in total. The SMILES string of the molecule is COc1ccc(N2C(=O)C[C@H]2c2ccccc2)cc1. The summed E-state index contributed by atoms with van der Waals surface area (Å²) < 4.78 is 5.14. The first kappa shape index (κ1) is 11.8. The molecule has 96 valence electrons. The second-order valence-electron chi connectivity index (χ2n) is 4.59. The van der Waals surface area contributed by atoms with E-state index in [1.807, 2.05) is 47.4 Å². The fourth-order valence-electron chi connectivity index (χ4n) is 2.43. The van der Waals surface area contributed by atoms with E-state index in [2.05, 4.69) is 12.1 Å². The molecule has 0 aromatic heterocycles. The Morgan fingerprint density at radius 1 is 1.05 bits per heavy atom. The van der Waals surface area contributed by atoms with Crippen LogP contribution in [0.15, 0.2) is 54.6 Å². The molecule has 0 saturated carbocycles. The molecule has 0 spiro atoms. The Bertz CT molecular complexity index is 577. The number of β-lactam (4-membered cyclic amide) rings is 1. The van der Waals surface area contributed by atoms with Crippen LogP contribution in [0.3, 0.4) is 0 Å². The fourth-order valence-corrected chi connectivity index (χ4v) is 2.43. The number of rotatable bonds is 3. The predicted molar refractivity (Wildman–Crippen MR) is 74.3 cm³/mol. The zero-order chi connectivity index (χ0) is 13.2. The Balaban J connectivity index is 1.87. The van der Waals surface area contributed by atoms with Crippen molar-refractivity contribution in [2.24, 2.45) is 0 Å². The molecule has 0 radical (unpaired) electrons. The van der Waals surface area contributed by atoms with Gasteiger partial charge in [-0.2, -0.15) is 0 Å². The maximum atomic E-state index is 11.9. The first-order chi connectivity index (χ1) is 9.29. The third kappa shape index (κ3) is 2.08. The van der Waals surface area contributed by atoms with Gasteiger partial charge in [0, 0.05) is 5.69 Å². The monoisotopic (exact) mass is 253 g/mol. The van der Waals surface area contributed by atoms with Crippen LogP contribution < -0.4 is 9.64 Å². The van der Waals surface area contributed by atoms with Gasteiger partial charge < -0.3 is 9.64 Å². The number of methoxy groups -OCH3 is 1. The molecule has 1 heterocycles. The van der Waals surface area contributed by atoms with E-state index in [0.717, 1.165) is 11.4 Å². The minimum atomic E-state index is 0.155. The highest BCUT2D eigenvalue weighted by molar-refractivity contribution is 6.01. The van der Waals surface area contributed by atoms with Gasteiger partial charge in [0.25, 0.3) is 0 Å². The molecule has 0 unspecified atom stereocenters. The zero-order valence-corrected chi connectivity index (χ0v) is 10.7. The maximum Gasteiger partial charge on any atom is 0.230 e. The number of nitrogens with zero attached hydrogens (tertiary/aromatic N) is 1. The summed E-state index contributed by atoms with van der Waals surface area (Å²) >= 11 is 0. The standard InChI is InChI=1S/C16H15NO2/c1-19-14-9-7-13(8-10-14)17-15(11-16(17)18)12-5-3-2-4-6-12/h2-10,15H,11H2,1H3/t15-/m0/s1. The molecule has 1 fully saturated rings. The minimum Gasteiger partial charge on any atom is -0.497 e. The Morgan fingerprint density at radius 3 is 2.32 bits per heavy atom. The predicted octanol–water partition coefficient (Wildman–Crippen LogP) is 3.17. The molecule has 1 aliphatic heterocycles. The summed E-state index contributed by atoms with van der Waals surface area (Å²) in [6, 6.07) is 17.9. The van der Waals surface area contributed by atoms with Crippen molar-refractivity contribution < 1.29 is 9.53 Å². The van der Waals surface area contributed by atoms with Gasteiger partial charge in [0.05, 0.1) is 19.6 Å². The van der Waals surface area contributed by atoms with E-state index in [1.165, 1.54) is 5.56 Å². The van der Waals surface area contributed by atoms with Crippen LogP contribution in [0.1, 0.15) is 18.0 Å². The lowest BCUT2D eigenvalue weighted by Gasteiger charge is -2.40. The van der Waals surface area contributed by atoms with Crippen LogP contribution in [0.2, 0.25) is 0 Å². The van der Waals surface area contributed by atoms with Crippen LogP contribution in [0.25, 0.3) is 0 Å². The van der Waals surface area contributed by atoms with Crippen LogP contribution in [-0.2, 0) is 4.79 Å². The molecule has 3 rings (SSSR count). The first-order valence-corrected chi connectivity index (χ1v) is 6.30. The van der Waals surface area contributed by atoms with Gasteiger partial charge in [-0.25, -0.2) is 0 Å². The summed E-state index contributed by atoms with van der Waals surface area (Å²) in [5.74, 6) is 0.965. The van der Waals surface area contributed by atoms with E-state index in [0.29, 0.717) is 6.42 Å². The second-order valence-corrected chi connectivity index (χ2v) is 4.59. The summed E-state index contributed by atoms with van der Waals surface area (Å²) in [4.78, 5) is 13.7. The number of amides is 1. The molecule has 0 aliphatic carbocycles. The molecule has 2 aromatic rings. The Hall–Kier alpha value is -2.29. The average molecular weight is 253 g/mol. The molecular formula is C16H15NO2. The topological polar surface area (TPSA) is 29.5 Å². The normalized spacial score (nSPS) is 18.1. The van der Waals surface area contributed by atoms with Crippen LogP contribution in [-0.4, -0.2) is 13.0 Å². The summed E-state index contributed by atoms with van der Waals surface area (Å²) in [6.45, 7) is 0. The molecule has 3 heteroatoms. The van der Waals surface area contributed by atoms with E-state index in [9.17, 15) is 4.79 Å². The summed E-state index contributed by atoms with van der Waals surface area (Å²) in [5.41, 5.74) is 2.10. The molecule has 1 aliphatic rings. The van der Waals surface area contributed by atoms with Crippen molar-refractivity contribution in [3.05, 3.63) is 60.2 Å². The van der Waals surface area contributed by atoms with E-state index in [1.54, 1.807) is 7.11 Å². The van der Waals surface area contributed by atoms with E-state index < -0.39 is 0 Å². The van der Waals surface area contributed by atoms with Gasteiger partial charge in [-0.1, -0.05) is 30.3 Å². The van der Waals surface area contributed by atoms with Crippen molar-refractivity contribution in [3.8, 4) is 5.75 Å². The minimum absolute atomic E-state index is 0.155. The molecule has 1 saturated heterocycles. The number of benzene rings is 2. The van der Waals surface area contributed by atoms with E-state index >= 15 is 0 Å². The van der Waals surface area contributed by atoms with Gasteiger partial charge in [-0.05, 0) is 29.8 Å². The summed E-state index contributed by atoms with van der Waals surface area (Å²) in [5, 5.41) is 0. The van der Waals surface area contributed by atoms with E-state index in [-0.39, 0.29) is 11.9 Å². The number of carbonyl (C=O) groups excluding carboxylic acids is 1. The van der Waals surface area contributed by atoms with Crippen molar-refractivity contribution in [2.75, 3.05) is 12.0 Å². The molecular weight excluding hydrogens is 238 g/mol. The lowest BCUT2D eigenvalue weighted by atomic mass is 9.93. The lowest BCUT2D eigenvalue weighted by molar-refractivity contribution is -0.124. The summed E-state index contributed by atoms with van der Waals surface area (Å²) in [7, 11) is 1.64. The Morgan fingerprint density at radius 2 is 1.74 bits per heavy atom. The number of anilines is 1.